The van der Waals surface area contributed by atoms with Crippen LogP contribution in [0.2, 0.25) is 0 Å². The van der Waals surface area contributed by atoms with Crippen molar-refractivity contribution in [3.63, 3.8) is 0 Å². The zero-order valence-electron chi connectivity index (χ0n) is 61.7. The van der Waals surface area contributed by atoms with E-state index in [1.165, 1.54) is 83.5 Å². The Kier molecular flexibility index (Phi) is 68.4. The fourth-order valence-corrected chi connectivity index (χ4v) is 11.8. The molecule has 0 bridgehead atoms. The lowest BCUT2D eigenvalue weighted by atomic mass is 10.0. The monoisotopic (exact) mass is 1420 g/mol. The van der Waals surface area contributed by atoms with Gasteiger partial charge in [-0.15, -0.1) is 0 Å². The molecule has 0 aromatic heterocycles. The number of aliphatic hydroxyl groups is 1. The van der Waals surface area contributed by atoms with E-state index in [9.17, 15) is 43.2 Å². The topological polar surface area (TPSA) is 237 Å². The largest absolute Gasteiger partial charge is 0.472 e. The number of aliphatic hydroxyl groups excluding tert-OH is 1. The van der Waals surface area contributed by atoms with Crippen molar-refractivity contribution in [1.82, 2.24) is 0 Å². The van der Waals surface area contributed by atoms with Crippen LogP contribution >= 0.6 is 15.6 Å². The summed E-state index contributed by atoms with van der Waals surface area (Å²) < 4.78 is 68.4. The molecule has 0 rings (SSSR count). The molecule has 0 aliphatic rings. The first kappa shape index (κ1) is 94.0. The minimum Gasteiger partial charge on any atom is -0.462 e. The molecule has 19 heteroatoms. The molecule has 0 spiro atoms. The van der Waals surface area contributed by atoms with Crippen molar-refractivity contribution in [3.8, 4) is 0 Å². The number of unbranched alkanes of at least 4 members (excludes halogenated alkanes) is 30. The number of carbonyl (C=O) groups is 4. The Morgan fingerprint density at radius 3 is 0.857 bits per heavy atom. The van der Waals surface area contributed by atoms with Gasteiger partial charge in [-0.1, -0.05) is 279 Å². The first-order valence-electron chi connectivity index (χ1n) is 38.5. The molecule has 98 heavy (non-hydrogen) atoms. The summed E-state index contributed by atoms with van der Waals surface area (Å²) in [5.74, 6) is -2.21. The second kappa shape index (κ2) is 71.4. The van der Waals surface area contributed by atoms with E-state index >= 15 is 0 Å². The molecule has 0 aromatic rings. The van der Waals surface area contributed by atoms with Crippen LogP contribution in [0.15, 0.2) is 97.2 Å². The predicted octanol–water partition coefficient (Wildman–Crippen LogP) is 22.0. The van der Waals surface area contributed by atoms with Gasteiger partial charge in [0.15, 0.2) is 12.2 Å². The maximum absolute atomic E-state index is 13.1. The lowest BCUT2D eigenvalue weighted by Gasteiger charge is -2.21. The molecule has 566 valence electrons. The highest BCUT2D eigenvalue weighted by Crippen LogP contribution is 2.45. The second-order valence-electron chi connectivity index (χ2n) is 25.5. The van der Waals surface area contributed by atoms with Gasteiger partial charge in [-0.25, -0.2) is 9.13 Å². The Bertz CT molecular complexity index is 2240. The quantitative estimate of drug-likeness (QED) is 0.0169. The SMILES string of the molecule is CC/C=C\C/C=C\C/C=C\C/C=C\CCCCCCC(=O)OCC(COP(=O)(O)OCC(O)COP(=O)(O)OCC(COC(=O)CCCCCCCCCCCCCCCCC)OC(=O)CCCCCCC/C=C\CCCC)OC(=O)CCCCCCC/C=C\C/C=C\C/C=C\CC. The molecule has 0 saturated carbocycles. The molecule has 5 atom stereocenters. The summed E-state index contributed by atoms with van der Waals surface area (Å²) in [4.78, 5) is 72.8. The number of rotatable bonds is 72. The molecule has 0 saturated heterocycles. The molecule has 3 N–H and O–H groups in total. The number of hydrogen-bond acceptors (Lipinski definition) is 15. The van der Waals surface area contributed by atoms with E-state index in [2.05, 4.69) is 125 Å². The summed E-state index contributed by atoms with van der Waals surface area (Å²) in [5, 5.41) is 10.6. The number of esters is 4. The van der Waals surface area contributed by atoms with Crippen LogP contribution in [0.1, 0.15) is 323 Å². The van der Waals surface area contributed by atoms with Crippen molar-refractivity contribution in [2.75, 3.05) is 39.6 Å². The Morgan fingerprint density at radius 1 is 0.296 bits per heavy atom. The van der Waals surface area contributed by atoms with Crippen LogP contribution in [0.4, 0.5) is 0 Å². The molecule has 17 nitrogen and oxygen atoms in total. The third kappa shape index (κ3) is 70.4. The van der Waals surface area contributed by atoms with Gasteiger partial charge < -0.3 is 33.8 Å². The molecule has 0 aliphatic heterocycles. The lowest BCUT2D eigenvalue weighted by molar-refractivity contribution is -0.161. The molecule has 0 aliphatic carbocycles. The van der Waals surface area contributed by atoms with E-state index in [1.807, 2.05) is 0 Å². The number of carbonyl (C=O) groups excluding carboxylic acids is 4. The van der Waals surface area contributed by atoms with Gasteiger partial charge >= 0.3 is 39.5 Å². The van der Waals surface area contributed by atoms with Gasteiger partial charge in [0, 0.05) is 25.7 Å². The summed E-state index contributed by atoms with van der Waals surface area (Å²) in [7, 11) is -9.96. The zero-order valence-corrected chi connectivity index (χ0v) is 63.5. The minimum atomic E-state index is -4.98. The van der Waals surface area contributed by atoms with Gasteiger partial charge in [0.2, 0.25) is 0 Å². The highest BCUT2D eigenvalue weighted by Gasteiger charge is 2.30. The van der Waals surface area contributed by atoms with Crippen LogP contribution in [0.5, 0.6) is 0 Å². The van der Waals surface area contributed by atoms with Gasteiger partial charge in [-0.05, 0) is 116 Å². The summed E-state index contributed by atoms with van der Waals surface area (Å²) in [6, 6.07) is 0. The molecule has 0 radical (unpaired) electrons. The zero-order chi connectivity index (χ0) is 71.8. The molecule has 0 fully saturated rings. The Balaban J connectivity index is 5.35. The number of phosphoric acid groups is 2. The molecule has 0 amide bonds. The summed E-state index contributed by atoms with van der Waals surface area (Å²) >= 11 is 0. The number of allylic oxidation sites excluding steroid dienone is 16. The van der Waals surface area contributed by atoms with Crippen molar-refractivity contribution in [3.05, 3.63) is 97.2 Å². The standard InChI is InChI=1S/C79H138O17P2/c1-5-9-13-17-21-25-29-32-35-36-39-41-45-48-52-56-60-64-77(82)90-70-75(96-79(84)66-62-58-54-50-46-42-38-34-31-27-23-19-15-11-7-3)72-94-98(87,88)92-68-73(80)67-91-97(85,86)93-71-74(95-78(83)65-61-57-53-49-43-28-24-20-16-12-8-4)69-89-76(81)63-59-55-51-47-44-40-37-33-30-26-22-18-14-10-6-2/h9,11,13,15,20-21,23-25,27,32,34-35,38-39,41,73-75,80H,5-8,10,12,14,16-19,22,26,28-31,33,36-37,40,42-72H2,1-4H3,(H,85,86)(H,87,88)/b13-9-,15-11-,24-20-,25-21-,27-23-,35-32-,38-34-,41-39-. The van der Waals surface area contributed by atoms with Crippen LogP contribution in [0.25, 0.3) is 0 Å². The molecule has 5 unspecified atom stereocenters. The number of hydrogen-bond donors (Lipinski definition) is 3. The minimum absolute atomic E-state index is 0.0693. The smallest absolute Gasteiger partial charge is 0.462 e. The Hall–Kier alpha value is -4.02. The van der Waals surface area contributed by atoms with Crippen LogP contribution in [0.3, 0.4) is 0 Å². The van der Waals surface area contributed by atoms with Gasteiger partial charge in [-0.2, -0.15) is 0 Å². The number of ether oxygens (including phenoxy) is 4. The van der Waals surface area contributed by atoms with Crippen molar-refractivity contribution < 1.29 is 80.2 Å². The Labute approximate surface area is 595 Å². The maximum atomic E-state index is 13.1. The molecule has 0 heterocycles. The third-order valence-electron chi connectivity index (χ3n) is 16.0. The van der Waals surface area contributed by atoms with Gasteiger partial charge in [0.25, 0.3) is 0 Å². The summed E-state index contributed by atoms with van der Waals surface area (Å²) in [6.07, 6.45) is 74.0. The van der Waals surface area contributed by atoms with Crippen molar-refractivity contribution >= 4 is 39.5 Å². The van der Waals surface area contributed by atoms with Crippen LogP contribution in [-0.4, -0.2) is 96.7 Å². The molecular weight excluding hydrogens is 1280 g/mol. The van der Waals surface area contributed by atoms with Gasteiger partial charge in [0.1, 0.15) is 19.3 Å². The molecular formula is C79H138O17P2. The molecule has 0 aromatic carbocycles. The third-order valence-corrected chi connectivity index (χ3v) is 17.9. The average molecular weight is 1420 g/mol. The highest BCUT2D eigenvalue weighted by atomic mass is 31.2. The van der Waals surface area contributed by atoms with E-state index in [-0.39, 0.29) is 25.7 Å². The van der Waals surface area contributed by atoms with E-state index in [0.717, 1.165) is 161 Å². The fraction of sp³-hybridized carbons (Fsp3) is 0.747. The van der Waals surface area contributed by atoms with Gasteiger partial charge in [0.05, 0.1) is 26.4 Å². The van der Waals surface area contributed by atoms with Crippen molar-refractivity contribution in [2.24, 2.45) is 0 Å². The maximum Gasteiger partial charge on any atom is 0.472 e. The fourth-order valence-electron chi connectivity index (χ4n) is 10.2. The van der Waals surface area contributed by atoms with Crippen LogP contribution in [0, 0.1) is 0 Å². The van der Waals surface area contributed by atoms with Crippen LogP contribution in [-0.2, 0) is 65.4 Å². The first-order chi connectivity index (χ1) is 47.7. The van der Waals surface area contributed by atoms with E-state index in [1.54, 1.807) is 0 Å². The first-order valence-corrected chi connectivity index (χ1v) is 41.5. The second-order valence-corrected chi connectivity index (χ2v) is 28.4. The van der Waals surface area contributed by atoms with Crippen molar-refractivity contribution in [2.45, 2.75) is 341 Å². The van der Waals surface area contributed by atoms with Crippen molar-refractivity contribution in [1.29, 1.82) is 0 Å². The van der Waals surface area contributed by atoms with E-state index < -0.39 is 97.5 Å². The Morgan fingerprint density at radius 2 is 0.541 bits per heavy atom. The normalized spacial score (nSPS) is 14.5. The summed E-state index contributed by atoms with van der Waals surface area (Å²) in [6.45, 7) is 4.58. The average Bonchev–Trinajstić information content (AvgIpc) is 0.986. The highest BCUT2D eigenvalue weighted by molar-refractivity contribution is 7.47. The van der Waals surface area contributed by atoms with E-state index in [4.69, 9.17) is 37.0 Å². The van der Waals surface area contributed by atoms with Crippen LogP contribution < -0.4 is 0 Å². The summed E-state index contributed by atoms with van der Waals surface area (Å²) in [5.41, 5.74) is 0. The number of phosphoric ester groups is 2. The predicted molar refractivity (Wildman–Crippen MR) is 399 cm³/mol. The van der Waals surface area contributed by atoms with E-state index in [0.29, 0.717) is 25.7 Å². The lowest BCUT2D eigenvalue weighted by Crippen LogP contribution is -2.30. The van der Waals surface area contributed by atoms with Gasteiger partial charge in [-0.3, -0.25) is 37.3 Å².